The molecule has 1 atom stereocenters. The lowest BCUT2D eigenvalue weighted by molar-refractivity contribution is 0.936. The topological polar surface area (TPSA) is 0 Å². The van der Waals surface area contributed by atoms with E-state index in [2.05, 4.69) is 11.4 Å². The predicted octanol–water partition coefficient (Wildman–Crippen LogP) is 5.23. The molecule has 2 aromatic rings. The van der Waals surface area contributed by atoms with Gasteiger partial charge in [-0.2, -0.15) is 0 Å². The average Bonchev–Trinajstić information content (AvgIpc) is 2.74. The van der Waals surface area contributed by atoms with E-state index in [9.17, 15) is 0 Å². The van der Waals surface area contributed by atoms with E-state index in [1.807, 2.05) is 31.2 Å². The lowest BCUT2D eigenvalue weighted by Crippen LogP contribution is -1.96. The molecular formula is C13H12Cl2S. The minimum absolute atomic E-state index is 0.0500. The van der Waals surface area contributed by atoms with Crippen LogP contribution in [0.5, 0.6) is 0 Å². The fraction of sp³-hybridized carbons (Fsp3) is 0.231. The number of thiophene rings is 1. The second kappa shape index (κ2) is 5.22. The van der Waals surface area contributed by atoms with Crippen LogP contribution in [0.3, 0.4) is 0 Å². The van der Waals surface area contributed by atoms with Crippen molar-refractivity contribution in [2.45, 2.75) is 18.7 Å². The molecule has 0 saturated carbocycles. The highest BCUT2D eigenvalue weighted by Gasteiger charge is 2.13. The van der Waals surface area contributed by atoms with Crippen molar-refractivity contribution in [1.82, 2.24) is 0 Å². The molecule has 1 aromatic carbocycles. The van der Waals surface area contributed by atoms with E-state index in [1.165, 1.54) is 4.88 Å². The Hall–Kier alpha value is -0.500. The van der Waals surface area contributed by atoms with Gasteiger partial charge < -0.3 is 0 Å². The Kier molecular flexibility index (Phi) is 3.91. The van der Waals surface area contributed by atoms with Gasteiger partial charge in [-0.3, -0.25) is 0 Å². The summed E-state index contributed by atoms with van der Waals surface area (Å²) in [4.78, 5) is 1.29. The van der Waals surface area contributed by atoms with Gasteiger partial charge in [0.15, 0.2) is 0 Å². The molecule has 1 unspecified atom stereocenters. The van der Waals surface area contributed by atoms with Gasteiger partial charge in [-0.15, -0.1) is 22.9 Å². The molecule has 0 nitrogen and oxygen atoms in total. The maximum absolute atomic E-state index is 6.40. The molecule has 3 heteroatoms. The molecule has 0 spiro atoms. The van der Waals surface area contributed by atoms with E-state index < -0.39 is 0 Å². The molecule has 0 aliphatic heterocycles. The third kappa shape index (κ3) is 2.60. The van der Waals surface area contributed by atoms with Gasteiger partial charge in [-0.05, 0) is 29.5 Å². The largest absolute Gasteiger partial charge is 0.149 e. The smallest absolute Gasteiger partial charge is 0.0648 e. The second-order valence-corrected chi connectivity index (χ2v) is 5.67. The first-order valence-corrected chi connectivity index (χ1v) is 6.79. The Morgan fingerprint density at radius 1 is 1.25 bits per heavy atom. The van der Waals surface area contributed by atoms with Crippen LogP contribution in [0.4, 0.5) is 0 Å². The summed E-state index contributed by atoms with van der Waals surface area (Å²) in [6, 6.07) is 10.1. The Morgan fingerprint density at radius 2 is 2.06 bits per heavy atom. The van der Waals surface area contributed by atoms with Crippen LogP contribution in [0.25, 0.3) is 0 Å². The molecule has 1 aromatic heterocycles. The first-order chi connectivity index (χ1) is 7.68. The molecule has 0 fully saturated rings. The zero-order valence-corrected chi connectivity index (χ0v) is 11.2. The summed E-state index contributed by atoms with van der Waals surface area (Å²) in [5.41, 5.74) is 2.10. The lowest BCUT2D eigenvalue weighted by atomic mass is 10.1. The molecule has 0 aliphatic carbocycles. The standard InChI is InChI=1S/C13H12Cl2S/c1-9-4-2-6-11(13(9)15)12(14)8-10-5-3-7-16-10/h2-7,12H,8H2,1H3. The molecule has 0 saturated heterocycles. The zero-order valence-electron chi connectivity index (χ0n) is 8.91. The van der Waals surface area contributed by atoms with Crippen LogP contribution in [0.15, 0.2) is 35.7 Å². The van der Waals surface area contributed by atoms with E-state index in [0.29, 0.717) is 0 Å². The summed E-state index contributed by atoms with van der Waals surface area (Å²) in [6.45, 7) is 2.00. The molecule has 0 amide bonds. The summed E-state index contributed by atoms with van der Waals surface area (Å²) in [5, 5.41) is 2.81. The van der Waals surface area contributed by atoms with Crippen LogP contribution < -0.4 is 0 Å². The molecule has 0 aliphatic rings. The Balaban J connectivity index is 2.21. The molecule has 2 rings (SSSR count). The highest BCUT2D eigenvalue weighted by Crippen LogP contribution is 2.33. The van der Waals surface area contributed by atoms with Gasteiger partial charge in [-0.1, -0.05) is 35.9 Å². The van der Waals surface area contributed by atoms with Crippen molar-refractivity contribution in [3.05, 3.63) is 56.7 Å². The summed E-state index contributed by atoms with van der Waals surface area (Å²) in [5.74, 6) is 0. The van der Waals surface area contributed by atoms with Crippen LogP contribution in [-0.2, 0) is 6.42 Å². The summed E-state index contributed by atoms with van der Waals surface area (Å²) < 4.78 is 0. The van der Waals surface area contributed by atoms with Crippen molar-refractivity contribution in [2.24, 2.45) is 0 Å². The maximum Gasteiger partial charge on any atom is 0.0648 e. The third-order valence-electron chi connectivity index (χ3n) is 2.52. The number of rotatable bonds is 3. The summed E-state index contributed by atoms with van der Waals surface area (Å²) in [7, 11) is 0. The van der Waals surface area contributed by atoms with Crippen LogP contribution in [0.1, 0.15) is 21.4 Å². The van der Waals surface area contributed by atoms with E-state index in [-0.39, 0.29) is 5.38 Å². The quantitative estimate of drug-likeness (QED) is 0.670. The minimum atomic E-state index is -0.0500. The molecule has 84 valence electrons. The normalized spacial score (nSPS) is 12.7. The Labute approximate surface area is 110 Å². The van der Waals surface area contributed by atoms with Crippen molar-refractivity contribution in [3.8, 4) is 0 Å². The van der Waals surface area contributed by atoms with Crippen molar-refractivity contribution in [1.29, 1.82) is 0 Å². The molecular weight excluding hydrogens is 259 g/mol. The fourth-order valence-corrected chi connectivity index (χ4v) is 3.13. The van der Waals surface area contributed by atoms with Gasteiger partial charge in [0.05, 0.1) is 5.38 Å². The van der Waals surface area contributed by atoms with E-state index in [0.717, 1.165) is 22.6 Å². The SMILES string of the molecule is Cc1cccc(C(Cl)Cc2cccs2)c1Cl. The van der Waals surface area contributed by atoms with Crippen LogP contribution >= 0.6 is 34.5 Å². The molecule has 0 N–H and O–H groups in total. The van der Waals surface area contributed by atoms with E-state index >= 15 is 0 Å². The molecule has 16 heavy (non-hydrogen) atoms. The Bertz CT molecular complexity index is 463. The number of halogens is 2. The van der Waals surface area contributed by atoms with Gasteiger partial charge in [0, 0.05) is 16.3 Å². The Morgan fingerprint density at radius 3 is 2.75 bits per heavy atom. The molecule has 0 radical (unpaired) electrons. The van der Waals surface area contributed by atoms with Gasteiger partial charge in [0.25, 0.3) is 0 Å². The fourth-order valence-electron chi connectivity index (χ4n) is 1.63. The van der Waals surface area contributed by atoms with E-state index in [4.69, 9.17) is 23.2 Å². The first-order valence-electron chi connectivity index (χ1n) is 5.10. The van der Waals surface area contributed by atoms with Gasteiger partial charge in [-0.25, -0.2) is 0 Å². The second-order valence-electron chi connectivity index (χ2n) is 3.73. The van der Waals surface area contributed by atoms with Crippen LogP contribution in [0, 0.1) is 6.92 Å². The van der Waals surface area contributed by atoms with Crippen molar-refractivity contribution in [2.75, 3.05) is 0 Å². The van der Waals surface area contributed by atoms with Crippen molar-refractivity contribution >= 4 is 34.5 Å². The number of hydrogen-bond acceptors (Lipinski definition) is 1. The van der Waals surface area contributed by atoms with Crippen LogP contribution in [-0.4, -0.2) is 0 Å². The number of benzene rings is 1. The number of hydrogen-bond donors (Lipinski definition) is 0. The molecule has 1 heterocycles. The summed E-state index contributed by atoms with van der Waals surface area (Å²) in [6.07, 6.45) is 0.836. The lowest BCUT2D eigenvalue weighted by Gasteiger charge is -2.12. The monoisotopic (exact) mass is 270 g/mol. The third-order valence-corrected chi connectivity index (χ3v) is 4.32. The first kappa shape index (κ1) is 12.0. The zero-order chi connectivity index (χ0) is 11.5. The molecule has 0 bridgehead atoms. The van der Waals surface area contributed by atoms with Gasteiger partial charge >= 0.3 is 0 Å². The van der Waals surface area contributed by atoms with Crippen LogP contribution in [0.2, 0.25) is 5.02 Å². The summed E-state index contributed by atoms with van der Waals surface area (Å²) >= 11 is 14.4. The highest BCUT2D eigenvalue weighted by molar-refractivity contribution is 7.09. The maximum atomic E-state index is 6.40. The highest BCUT2D eigenvalue weighted by atomic mass is 35.5. The van der Waals surface area contributed by atoms with E-state index in [1.54, 1.807) is 11.3 Å². The van der Waals surface area contributed by atoms with Crippen molar-refractivity contribution < 1.29 is 0 Å². The predicted molar refractivity (Wildman–Crippen MR) is 72.8 cm³/mol. The number of alkyl halides is 1. The van der Waals surface area contributed by atoms with Gasteiger partial charge in [0.2, 0.25) is 0 Å². The van der Waals surface area contributed by atoms with Gasteiger partial charge in [0.1, 0.15) is 0 Å². The average molecular weight is 271 g/mol. The van der Waals surface area contributed by atoms with Crippen molar-refractivity contribution in [3.63, 3.8) is 0 Å². The number of aryl methyl sites for hydroxylation is 1. The minimum Gasteiger partial charge on any atom is -0.149 e.